The van der Waals surface area contributed by atoms with E-state index in [-0.39, 0.29) is 23.3 Å². The van der Waals surface area contributed by atoms with Gasteiger partial charge in [-0.3, -0.25) is 4.79 Å². The van der Waals surface area contributed by atoms with Crippen LogP contribution >= 0.6 is 11.6 Å². The number of hydrogen-bond donors (Lipinski definition) is 2. The van der Waals surface area contributed by atoms with E-state index in [1.807, 2.05) is 6.92 Å². The minimum atomic E-state index is -1.09. The Morgan fingerprint density at radius 3 is 2.67 bits per heavy atom. The maximum atomic E-state index is 13.0. The molecule has 7 heteroatoms. The Morgan fingerprint density at radius 2 is 2.14 bits per heavy atom. The smallest absolute Gasteiger partial charge is 0.326 e. The van der Waals surface area contributed by atoms with Crippen molar-refractivity contribution in [1.29, 1.82) is 0 Å². The van der Waals surface area contributed by atoms with Gasteiger partial charge in [-0.1, -0.05) is 31.9 Å². The van der Waals surface area contributed by atoms with Gasteiger partial charge in [-0.15, -0.1) is 0 Å². The van der Waals surface area contributed by atoms with E-state index in [9.17, 15) is 14.0 Å². The molecule has 0 aliphatic carbocycles. The molecule has 0 bridgehead atoms. The number of carbonyl (C=O) groups excluding carboxylic acids is 1. The first-order valence-corrected chi connectivity index (χ1v) is 6.83. The molecule has 5 nitrogen and oxygen atoms in total. The van der Waals surface area contributed by atoms with Crippen molar-refractivity contribution in [3.8, 4) is 5.75 Å². The summed E-state index contributed by atoms with van der Waals surface area (Å²) in [6, 6.07) is 2.73. The number of rotatable bonds is 7. The van der Waals surface area contributed by atoms with Gasteiger partial charge in [0.2, 0.25) is 0 Å². The van der Waals surface area contributed by atoms with E-state index in [0.29, 0.717) is 6.42 Å². The van der Waals surface area contributed by atoms with Crippen LogP contribution in [-0.4, -0.2) is 29.6 Å². The molecule has 1 aromatic carbocycles. The first-order valence-electron chi connectivity index (χ1n) is 6.45. The summed E-state index contributed by atoms with van der Waals surface area (Å²) in [6.45, 7) is 3.20. The zero-order chi connectivity index (χ0) is 16.0. The first-order chi connectivity index (χ1) is 9.85. The van der Waals surface area contributed by atoms with Gasteiger partial charge in [0.1, 0.15) is 17.6 Å². The predicted octanol–water partition coefficient (Wildman–Crippen LogP) is 2.47. The molecular formula is C14H17ClFNO4. The number of aliphatic carboxylic acids is 1. The van der Waals surface area contributed by atoms with Crippen molar-refractivity contribution in [3.05, 3.63) is 29.0 Å². The Balaban J connectivity index is 2.56. The quantitative estimate of drug-likeness (QED) is 0.810. The molecule has 2 N–H and O–H groups in total. The lowest BCUT2D eigenvalue weighted by Crippen LogP contribution is -2.46. The second kappa shape index (κ2) is 7.83. The third kappa shape index (κ3) is 5.23. The highest BCUT2D eigenvalue weighted by Crippen LogP contribution is 2.20. The molecule has 0 spiro atoms. The molecule has 1 aromatic rings. The van der Waals surface area contributed by atoms with E-state index < -0.39 is 23.7 Å². The minimum absolute atomic E-state index is 0.115. The van der Waals surface area contributed by atoms with Crippen molar-refractivity contribution in [2.24, 2.45) is 5.92 Å². The molecule has 21 heavy (non-hydrogen) atoms. The summed E-state index contributed by atoms with van der Waals surface area (Å²) in [7, 11) is 0. The van der Waals surface area contributed by atoms with Crippen molar-refractivity contribution in [1.82, 2.24) is 5.32 Å². The minimum Gasteiger partial charge on any atom is -0.484 e. The van der Waals surface area contributed by atoms with E-state index in [2.05, 4.69) is 5.32 Å². The lowest BCUT2D eigenvalue weighted by molar-refractivity contribution is -0.143. The third-order valence-electron chi connectivity index (χ3n) is 3.06. The molecule has 0 radical (unpaired) electrons. The van der Waals surface area contributed by atoms with Crippen LogP contribution < -0.4 is 10.1 Å². The highest BCUT2D eigenvalue weighted by molar-refractivity contribution is 6.30. The number of ether oxygens (including phenoxy) is 1. The predicted molar refractivity (Wildman–Crippen MR) is 75.9 cm³/mol. The van der Waals surface area contributed by atoms with Gasteiger partial charge < -0.3 is 15.2 Å². The van der Waals surface area contributed by atoms with E-state index >= 15 is 0 Å². The van der Waals surface area contributed by atoms with Crippen molar-refractivity contribution < 1.29 is 23.8 Å². The Bertz CT molecular complexity index is 524. The number of nitrogens with one attached hydrogen (secondary N) is 1. The van der Waals surface area contributed by atoms with Crippen LogP contribution in [-0.2, 0) is 9.59 Å². The SMILES string of the molecule is CC[C@H](C)[C@H](NC(=O)COc1ccc(F)c(Cl)c1)C(=O)O. The Kier molecular flexibility index (Phi) is 6.42. The third-order valence-corrected chi connectivity index (χ3v) is 3.35. The Hall–Kier alpha value is -1.82. The average molecular weight is 318 g/mol. The van der Waals surface area contributed by atoms with Crippen LogP contribution in [0.1, 0.15) is 20.3 Å². The van der Waals surface area contributed by atoms with Crippen molar-refractivity contribution in [2.75, 3.05) is 6.61 Å². The van der Waals surface area contributed by atoms with E-state index in [1.54, 1.807) is 6.92 Å². The van der Waals surface area contributed by atoms with Gasteiger partial charge in [-0.2, -0.15) is 0 Å². The van der Waals surface area contributed by atoms with Gasteiger partial charge in [0.05, 0.1) is 5.02 Å². The summed E-state index contributed by atoms with van der Waals surface area (Å²) < 4.78 is 18.1. The largest absolute Gasteiger partial charge is 0.484 e. The number of amides is 1. The van der Waals surface area contributed by atoms with E-state index in [4.69, 9.17) is 21.4 Å². The molecule has 116 valence electrons. The van der Waals surface area contributed by atoms with Crippen molar-refractivity contribution in [2.45, 2.75) is 26.3 Å². The summed E-state index contributed by atoms with van der Waals surface area (Å²) >= 11 is 5.58. The van der Waals surface area contributed by atoms with Gasteiger partial charge in [0.15, 0.2) is 6.61 Å². The maximum Gasteiger partial charge on any atom is 0.326 e. The lowest BCUT2D eigenvalue weighted by atomic mass is 9.99. The maximum absolute atomic E-state index is 13.0. The van der Waals surface area contributed by atoms with Crippen LogP contribution in [0, 0.1) is 11.7 Å². The normalized spacial score (nSPS) is 13.3. The summed E-state index contributed by atoms with van der Waals surface area (Å²) in [5, 5.41) is 11.3. The highest BCUT2D eigenvalue weighted by atomic mass is 35.5. The standard InChI is InChI=1S/C14H17ClFNO4/c1-3-8(2)13(14(19)20)17-12(18)7-21-9-4-5-11(16)10(15)6-9/h4-6,8,13H,3,7H2,1-2H3,(H,17,18)(H,19,20)/t8-,13-/m0/s1. The van der Waals surface area contributed by atoms with Gasteiger partial charge in [0, 0.05) is 6.07 Å². The van der Waals surface area contributed by atoms with Gasteiger partial charge >= 0.3 is 5.97 Å². The van der Waals surface area contributed by atoms with Crippen LogP contribution in [0.5, 0.6) is 5.75 Å². The van der Waals surface area contributed by atoms with Crippen LogP contribution in [0.2, 0.25) is 5.02 Å². The summed E-state index contributed by atoms with van der Waals surface area (Å²) in [4.78, 5) is 22.8. The lowest BCUT2D eigenvalue weighted by Gasteiger charge is -2.20. The summed E-state index contributed by atoms with van der Waals surface area (Å²) in [6.07, 6.45) is 0.617. The topological polar surface area (TPSA) is 75.6 Å². The van der Waals surface area contributed by atoms with E-state index in [0.717, 1.165) is 6.07 Å². The fourth-order valence-electron chi connectivity index (χ4n) is 1.61. The number of halogens is 2. The van der Waals surface area contributed by atoms with Gasteiger partial charge in [-0.25, -0.2) is 9.18 Å². The summed E-state index contributed by atoms with van der Waals surface area (Å²) in [5.74, 6) is -2.22. The fourth-order valence-corrected chi connectivity index (χ4v) is 1.78. The number of hydrogen-bond acceptors (Lipinski definition) is 3. The zero-order valence-corrected chi connectivity index (χ0v) is 12.5. The van der Waals surface area contributed by atoms with Crippen LogP contribution in [0.15, 0.2) is 18.2 Å². The number of carbonyl (C=O) groups is 2. The number of carboxylic acid groups (broad SMARTS) is 1. The van der Waals surface area contributed by atoms with Gasteiger partial charge in [-0.05, 0) is 18.1 Å². The van der Waals surface area contributed by atoms with Crippen molar-refractivity contribution in [3.63, 3.8) is 0 Å². The summed E-state index contributed by atoms with van der Waals surface area (Å²) in [5.41, 5.74) is 0. The fraction of sp³-hybridized carbons (Fsp3) is 0.429. The molecule has 0 aliphatic heterocycles. The zero-order valence-electron chi connectivity index (χ0n) is 11.7. The Morgan fingerprint density at radius 1 is 1.48 bits per heavy atom. The first kappa shape index (κ1) is 17.2. The van der Waals surface area contributed by atoms with Gasteiger partial charge in [0.25, 0.3) is 5.91 Å². The molecule has 0 heterocycles. The molecule has 1 rings (SSSR count). The molecule has 1 amide bonds. The molecule has 0 saturated carbocycles. The van der Waals surface area contributed by atoms with Crippen LogP contribution in [0.4, 0.5) is 4.39 Å². The van der Waals surface area contributed by atoms with Crippen LogP contribution in [0.3, 0.4) is 0 Å². The molecule has 0 saturated heterocycles. The van der Waals surface area contributed by atoms with E-state index in [1.165, 1.54) is 12.1 Å². The second-order valence-corrected chi connectivity index (χ2v) is 5.04. The average Bonchev–Trinajstić information content (AvgIpc) is 2.44. The molecule has 0 fully saturated rings. The second-order valence-electron chi connectivity index (χ2n) is 4.63. The molecule has 0 unspecified atom stereocenters. The molecule has 0 aliphatic rings. The monoisotopic (exact) mass is 317 g/mol. The molecule has 0 aromatic heterocycles. The van der Waals surface area contributed by atoms with Crippen LogP contribution in [0.25, 0.3) is 0 Å². The van der Waals surface area contributed by atoms with Crippen molar-refractivity contribution >= 4 is 23.5 Å². The highest BCUT2D eigenvalue weighted by Gasteiger charge is 2.25. The number of carboxylic acids is 1. The Labute approximate surface area is 127 Å². The molecular weight excluding hydrogens is 301 g/mol. The number of benzene rings is 1. The molecule has 2 atom stereocenters.